The van der Waals surface area contributed by atoms with Gasteiger partial charge in [-0.2, -0.15) is 0 Å². The fourth-order valence-corrected chi connectivity index (χ4v) is 5.29. The van der Waals surface area contributed by atoms with Gasteiger partial charge >= 0.3 is 0 Å². The quantitative estimate of drug-likeness (QED) is 0.225. The second kappa shape index (κ2) is 12.1. The van der Waals surface area contributed by atoms with E-state index in [0.717, 1.165) is 72.3 Å². The van der Waals surface area contributed by atoms with Gasteiger partial charge in [0.15, 0.2) is 0 Å². The number of ether oxygens (including phenoxy) is 1. The van der Waals surface area contributed by atoms with Crippen LogP contribution in [0.5, 0.6) is 5.75 Å². The third kappa shape index (κ3) is 6.05. The van der Waals surface area contributed by atoms with Crippen LogP contribution in [0.25, 0.3) is 22.6 Å². The lowest BCUT2D eigenvalue weighted by Crippen LogP contribution is -2.32. The zero-order valence-electron chi connectivity index (χ0n) is 22.8. The van der Waals surface area contributed by atoms with Gasteiger partial charge in [-0.15, -0.1) is 0 Å². The fourth-order valence-electron chi connectivity index (χ4n) is 5.29. The van der Waals surface area contributed by atoms with Gasteiger partial charge in [0, 0.05) is 30.8 Å². The molecular formula is C33H34N6O. The summed E-state index contributed by atoms with van der Waals surface area (Å²) in [7, 11) is 1.67. The van der Waals surface area contributed by atoms with Crippen LogP contribution in [0.3, 0.4) is 0 Å². The Morgan fingerprint density at radius 3 is 2.30 bits per heavy atom. The Bertz CT molecular complexity index is 1510. The molecule has 1 aliphatic rings. The van der Waals surface area contributed by atoms with Crippen molar-refractivity contribution in [2.45, 2.75) is 31.8 Å². The van der Waals surface area contributed by atoms with Gasteiger partial charge in [-0.05, 0) is 55.3 Å². The van der Waals surface area contributed by atoms with Crippen LogP contribution in [-0.2, 0) is 13.1 Å². The lowest BCUT2D eigenvalue weighted by Gasteiger charge is -2.31. The molecule has 0 amide bonds. The highest BCUT2D eigenvalue weighted by Gasteiger charge is 2.25. The van der Waals surface area contributed by atoms with E-state index in [1.54, 1.807) is 13.3 Å². The van der Waals surface area contributed by atoms with Crippen LogP contribution < -0.4 is 10.1 Å². The van der Waals surface area contributed by atoms with Crippen molar-refractivity contribution in [2.24, 2.45) is 0 Å². The van der Waals surface area contributed by atoms with Crippen LogP contribution in [0.4, 0.5) is 5.95 Å². The molecule has 202 valence electrons. The Morgan fingerprint density at radius 2 is 1.57 bits per heavy atom. The van der Waals surface area contributed by atoms with Crippen LogP contribution >= 0.6 is 0 Å². The average molecular weight is 531 g/mol. The number of methoxy groups -OCH3 is 1. The molecule has 0 radical (unpaired) electrons. The standard InChI is InChI=1S/C33H34N6O/c1-40-28-14-12-24(13-15-28)22-35-33-34-19-16-29(36-33)31-30(26-10-6-3-7-11-26)37-32(38-31)27-17-20-39(21-18-27)23-25-8-4-2-5-9-25/h2-16,19,27H,17-18,20-23H2,1H3,(H,37,38)(H,34,35,36). The molecule has 3 heterocycles. The van der Waals surface area contributed by atoms with E-state index < -0.39 is 0 Å². The van der Waals surface area contributed by atoms with Crippen LogP contribution in [-0.4, -0.2) is 45.0 Å². The average Bonchev–Trinajstić information content (AvgIpc) is 3.48. The molecule has 1 saturated heterocycles. The maximum Gasteiger partial charge on any atom is 0.223 e. The first-order chi connectivity index (χ1) is 19.7. The third-order valence-corrected chi connectivity index (χ3v) is 7.51. The number of H-pyrrole nitrogens is 1. The zero-order chi connectivity index (χ0) is 27.1. The number of anilines is 1. The van der Waals surface area contributed by atoms with Gasteiger partial charge in [-0.25, -0.2) is 15.0 Å². The number of nitrogens with zero attached hydrogens (tertiary/aromatic N) is 4. The van der Waals surface area contributed by atoms with Crippen molar-refractivity contribution in [3.8, 4) is 28.4 Å². The third-order valence-electron chi connectivity index (χ3n) is 7.51. The van der Waals surface area contributed by atoms with Gasteiger partial charge in [-0.1, -0.05) is 72.8 Å². The molecule has 6 rings (SSSR count). The summed E-state index contributed by atoms with van der Waals surface area (Å²) < 4.78 is 5.26. The van der Waals surface area contributed by atoms with E-state index in [1.165, 1.54) is 5.56 Å². The first kappa shape index (κ1) is 25.8. The van der Waals surface area contributed by atoms with Crippen molar-refractivity contribution in [1.82, 2.24) is 24.8 Å². The first-order valence-corrected chi connectivity index (χ1v) is 13.9. The summed E-state index contributed by atoms with van der Waals surface area (Å²) in [5.74, 6) is 2.85. The van der Waals surface area contributed by atoms with E-state index in [9.17, 15) is 0 Å². The minimum absolute atomic E-state index is 0.387. The summed E-state index contributed by atoms with van der Waals surface area (Å²) in [6.45, 7) is 3.74. The molecule has 40 heavy (non-hydrogen) atoms. The van der Waals surface area contributed by atoms with Crippen molar-refractivity contribution in [3.63, 3.8) is 0 Å². The number of nitrogens with one attached hydrogen (secondary N) is 2. The molecule has 0 atom stereocenters. The SMILES string of the molecule is COc1ccc(CNc2nccc(-c3[nH]c(C4CCN(Cc5ccccc5)CC4)nc3-c3ccccc3)n2)cc1. The van der Waals surface area contributed by atoms with E-state index in [0.29, 0.717) is 18.4 Å². The number of imidazole rings is 1. The van der Waals surface area contributed by atoms with Crippen LogP contribution in [0.2, 0.25) is 0 Å². The van der Waals surface area contributed by atoms with Gasteiger partial charge in [-0.3, -0.25) is 4.90 Å². The van der Waals surface area contributed by atoms with Crippen molar-refractivity contribution >= 4 is 5.95 Å². The monoisotopic (exact) mass is 530 g/mol. The number of hydrogen-bond acceptors (Lipinski definition) is 6. The van der Waals surface area contributed by atoms with Crippen LogP contribution in [0.1, 0.15) is 35.7 Å². The van der Waals surface area contributed by atoms with Gasteiger partial charge in [0.05, 0.1) is 24.2 Å². The number of likely N-dealkylation sites (tertiary alicyclic amines) is 1. The highest BCUT2D eigenvalue weighted by molar-refractivity contribution is 5.77. The Hall–Kier alpha value is -4.49. The minimum atomic E-state index is 0.387. The van der Waals surface area contributed by atoms with E-state index in [4.69, 9.17) is 14.7 Å². The smallest absolute Gasteiger partial charge is 0.223 e. The molecule has 1 fully saturated rings. The molecule has 3 aromatic carbocycles. The van der Waals surface area contributed by atoms with Gasteiger partial charge < -0.3 is 15.0 Å². The molecule has 2 N–H and O–H groups in total. The molecule has 7 heteroatoms. The van der Waals surface area contributed by atoms with Gasteiger partial charge in [0.1, 0.15) is 11.6 Å². The maximum atomic E-state index is 5.26. The summed E-state index contributed by atoms with van der Waals surface area (Å²) in [5, 5.41) is 3.36. The highest BCUT2D eigenvalue weighted by atomic mass is 16.5. The fraction of sp³-hybridized carbons (Fsp3) is 0.242. The van der Waals surface area contributed by atoms with E-state index >= 15 is 0 Å². The summed E-state index contributed by atoms with van der Waals surface area (Å²) in [4.78, 5) is 20.7. The Labute approximate surface area is 235 Å². The van der Waals surface area contributed by atoms with Gasteiger partial charge in [0.25, 0.3) is 0 Å². The van der Waals surface area contributed by atoms with E-state index in [1.807, 2.05) is 36.4 Å². The summed E-state index contributed by atoms with van der Waals surface area (Å²) >= 11 is 0. The number of aromatic amines is 1. The minimum Gasteiger partial charge on any atom is -0.497 e. The first-order valence-electron chi connectivity index (χ1n) is 13.9. The van der Waals surface area contributed by atoms with Crippen molar-refractivity contribution in [1.29, 1.82) is 0 Å². The molecule has 0 aliphatic carbocycles. The highest BCUT2D eigenvalue weighted by Crippen LogP contribution is 2.34. The molecule has 5 aromatic rings. The summed E-state index contributed by atoms with van der Waals surface area (Å²) in [6, 6.07) is 31.0. The number of rotatable bonds is 9. The predicted octanol–water partition coefficient (Wildman–Crippen LogP) is 6.53. The van der Waals surface area contributed by atoms with Crippen LogP contribution in [0.15, 0.2) is 97.2 Å². The maximum absolute atomic E-state index is 5.26. The molecule has 0 bridgehead atoms. The van der Waals surface area contributed by atoms with Gasteiger partial charge in [0.2, 0.25) is 5.95 Å². The van der Waals surface area contributed by atoms with Crippen molar-refractivity contribution in [2.75, 3.05) is 25.5 Å². The largest absolute Gasteiger partial charge is 0.497 e. The summed E-state index contributed by atoms with van der Waals surface area (Å²) in [6.07, 6.45) is 3.95. The second-order valence-corrected chi connectivity index (χ2v) is 10.2. The molecule has 2 aromatic heterocycles. The van der Waals surface area contributed by atoms with Crippen LogP contribution in [0, 0.1) is 0 Å². The molecule has 7 nitrogen and oxygen atoms in total. The molecular weight excluding hydrogens is 496 g/mol. The summed E-state index contributed by atoms with van der Waals surface area (Å²) in [5.41, 5.74) is 6.26. The van der Waals surface area contributed by atoms with Crippen molar-refractivity contribution < 1.29 is 4.74 Å². The molecule has 0 saturated carbocycles. The number of hydrogen-bond donors (Lipinski definition) is 2. The number of benzene rings is 3. The number of aromatic nitrogens is 4. The lowest BCUT2D eigenvalue weighted by atomic mass is 9.96. The second-order valence-electron chi connectivity index (χ2n) is 10.2. The molecule has 0 spiro atoms. The predicted molar refractivity (Wildman–Crippen MR) is 159 cm³/mol. The normalized spacial score (nSPS) is 14.2. The van der Waals surface area contributed by atoms with Crippen molar-refractivity contribution in [3.05, 3.63) is 114 Å². The Balaban J connectivity index is 1.21. The van der Waals surface area contributed by atoms with E-state index in [2.05, 4.69) is 74.8 Å². The molecule has 1 aliphatic heterocycles. The van der Waals surface area contributed by atoms with E-state index in [-0.39, 0.29) is 0 Å². The Kier molecular flexibility index (Phi) is 7.82. The molecule has 0 unspecified atom stereocenters. The zero-order valence-corrected chi connectivity index (χ0v) is 22.8. The topological polar surface area (TPSA) is 79.0 Å². The lowest BCUT2D eigenvalue weighted by molar-refractivity contribution is 0.202. The Morgan fingerprint density at radius 1 is 0.850 bits per heavy atom. The number of piperidine rings is 1.